The summed E-state index contributed by atoms with van der Waals surface area (Å²) in [6, 6.07) is 5.67. The fourth-order valence-electron chi connectivity index (χ4n) is 1.94. The van der Waals surface area contributed by atoms with E-state index in [-0.39, 0.29) is 0 Å². The van der Waals surface area contributed by atoms with E-state index in [4.69, 9.17) is 4.74 Å². The first kappa shape index (κ1) is 12.2. The van der Waals surface area contributed by atoms with Crippen molar-refractivity contribution in [2.24, 2.45) is 0 Å². The molecule has 0 saturated heterocycles. The average molecular weight is 270 g/mol. The van der Waals surface area contributed by atoms with Crippen LogP contribution in [0.3, 0.4) is 0 Å². The average Bonchev–Trinajstić information content (AvgIpc) is 2.93. The van der Waals surface area contributed by atoms with Crippen molar-refractivity contribution in [3.8, 4) is 5.75 Å². The third-order valence-electron chi connectivity index (χ3n) is 2.95. The predicted molar refractivity (Wildman–Crippen MR) is 77.5 cm³/mol. The molecule has 0 unspecified atom stereocenters. The summed E-state index contributed by atoms with van der Waals surface area (Å²) in [5.41, 5.74) is 1.74. The van der Waals surface area contributed by atoms with Crippen LogP contribution >= 0.6 is 0 Å². The number of hydrogen-bond donors (Lipinski definition) is 3. The Bertz CT molecular complexity index is 739. The molecule has 1 aromatic carbocycles. The summed E-state index contributed by atoms with van der Waals surface area (Å²) in [4.78, 5) is 8.26. The molecule has 2 aromatic heterocycles. The van der Waals surface area contributed by atoms with Gasteiger partial charge in [-0.05, 0) is 6.07 Å². The number of ether oxygens (including phenoxy) is 1. The minimum atomic E-state index is 0.686. The number of nitrogens with zero attached hydrogens (tertiary/aromatic N) is 3. The van der Waals surface area contributed by atoms with Crippen molar-refractivity contribution >= 4 is 28.2 Å². The highest BCUT2D eigenvalue weighted by atomic mass is 16.5. The molecule has 0 amide bonds. The zero-order chi connectivity index (χ0) is 13.9. The minimum Gasteiger partial charge on any atom is -0.494 e. The highest BCUT2D eigenvalue weighted by Gasteiger charge is 2.08. The van der Waals surface area contributed by atoms with Crippen molar-refractivity contribution in [2.75, 3.05) is 24.8 Å². The molecule has 0 atom stereocenters. The molecule has 0 radical (unpaired) electrons. The number of H-pyrrole nitrogens is 1. The second-order valence-electron chi connectivity index (χ2n) is 4.17. The van der Waals surface area contributed by atoms with Gasteiger partial charge in [-0.3, -0.25) is 5.10 Å². The maximum Gasteiger partial charge on any atom is 0.144 e. The summed E-state index contributed by atoms with van der Waals surface area (Å²) < 4.78 is 5.38. The number of rotatable bonds is 4. The van der Waals surface area contributed by atoms with Gasteiger partial charge in [0.2, 0.25) is 0 Å². The van der Waals surface area contributed by atoms with Crippen LogP contribution in [0, 0.1) is 0 Å². The molecule has 0 aliphatic heterocycles. The lowest BCUT2D eigenvalue weighted by Gasteiger charge is -2.11. The lowest BCUT2D eigenvalue weighted by atomic mass is 10.2. The smallest absolute Gasteiger partial charge is 0.144 e. The summed E-state index contributed by atoms with van der Waals surface area (Å²) in [5.74, 6) is 2.14. The molecule has 0 fully saturated rings. The van der Waals surface area contributed by atoms with Crippen LogP contribution in [0.2, 0.25) is 0 Å². The Morgan fingerprint density at radius 2 is 2.00 bits per heavy atom. The van der Waals surface area contributed by atoms with Crippen molar-refractivity contribution in [3.63, 3.8) is 0 Å². The molecular formula is C13H14N6O. The first-order chi connectivity index (χ1) is 9.80. The van der Waals surface area contributed by atoms with Crippen LogP contribution in [-0.2, 0) is 0 Å². The van der Waals surface area contributed by atoms with E-state index in [1.54, 1.807) is 13.3 Å². The third kappa shape index (κ3) is 2.20. The lowest BCUT2D eigenvalue weighted by Crippen LogP contribution is -1.99. The molecule has 0 bridgehead atoms. The van der Waals surface area contributed by atoms with Crippen molar-refractivity contribution in [3.05, 3.63) is 30.7 Å². The molecule has 3 N–H and O–H groups in total. The monoisotopic (exact) mass is 270 g/mol. The van der Waals surface area contributed by atoms with Gasteiger partial charge in [-0.15, -0.1) is 0 Å². The van der Waals surface area contributed by atoms with Crippen molar-refractivity contribution in [2.45, 2.75) is 0 Å². The van der Waals surface area contributed by atoms with Gasteiger partial charge < -0.3 is 15.4 Å². The fraction of sp³-hybridized carbons (Fsp3) is 0.154. The molecule has 0 aliphatic carbocycles. The minimum absolute atomic E-state index is 0.686. The highest BCUT2D eigenvalue weighted by Crippen LogP contribution is 2.31. The summed E-state index contributed by atoms with van der Waals surface area (Å²) in [6.07, 6.45) is 3.26. The van der Waals surface area contributed by atoms with Crippen LogP contribution in [-0.4, -0.2) is 34.3 Å². The Kier molecular flexibility index (Phi) is 3.08. The number of anilines is 3. The van der Waals surface area contributed by atoms with Crippen LogP contribution in [0.25, 0.3) is 10.9 Å². The highest BCUT2D eigenvalue weighted by molar-refractivity contribution is 5.86. The molecule has 3 aromatic rings. The van der Waals surface area contributed by atoms with Crippen LogP contribution < -0.4 is 15.4 Å². The van der Waals surface area contributed by atoms with Gasteiger partial charge in [-0.25, -0.2) is 9.97 Å². The van der Waals surface area contributed by atoms with E-state index in [0.717, 1.165) is 22.4 Å². The quantitative estimate of drug-likeness (QED) is 0.673. The van der Waals surface area contributed by atoms with E-state index in [9.17, 15) is 0 Å². The van der Waals surface area contributed by atoms with Crippen LogP contribution in [0.5, 0.6) is 5.75 Å². The maximum atomic E-state index is 5.38. The van der Waals surface area contributed by atoms with E-state index < -0.39 is 0 Å². The van der Waals surface area contributed by atoms with Crippen LogP contribution in [0.15, 0.2) is 30.7 Å². The van der Waals surface area contributed by atoms with Gasteiger partial charge in [0.05, 0.1) is 24.5 Å². The molecule has 7 nitrogen and oxygen atoms in total. The van der Waals surface area contributed by atoms with Crippen molar-refractivity contribution in [1.82, 2.24) is 20.2 Å². The first-order valence-corrected chi connectivity index (χ1v) is 6.08. The van der Waals surface area contributed by atoms with Crippen LogP contribution in [0.4, 0.5) is 17.3 Å². The molecule has 0 aliphatic rings. The Hall–Kier alpha value is -2.83. The van der Waals surface area contributed by atoms with E-state index >= 15 is 0 Å². The number of fused-ring (bicyclic) bond motifs is 1. The number of methoxy groups -OCH3 is 1. The Balaban J connectivity index is 1.99. The largest absolute Gasteiger partial charge is 0.494 e. The molecule has 20 heavy (non-hydrogen) atoms. The number of nitrogens with one attached hydrogen (secondary N) is 3. The molecule has 102 valence electrons. The Morgan fingerprint density at radius 1 is 1.15 bits per heavy atom. The van der Waals surface area contributed by atoms with Gasteiger partial charge in [-0.1, -0.05) is 0 Å². The maximum absolute atomic E-state index is 5.38. The van der Waals surface area contributed by atoms with Crippen molar-refractivity contribution < 1.29 is 4.74 Å². The summed E-state index contributed by atoms with van der Waals surface area (Å²) in [5, 5.41) is 14.1. The van der Waals surface area contributed by atoms with E-state index in [1.807, 2.05) is 25.2 Å². The van der Waals surface area contributed by atoms with E-state index in [1.165, 1.54) is 6.33 Å². The molecule has 7 heteroatoms. The Morgan fingerprint density at radius 3 is 2.80 bits per heavy atom. The molecule has 0 spiro atoms. The van der Waals surface area contributed by atoms with Crippen molar-refractivity contribution in [1.29, 1.82) is 0 Å². The topological polar surface area (TPSA) is 87.8 Å². The van der Waals surface area contributed by atoms with Gasteiger partial charge in [0.15, 0.2) is 0 Å². The summed E-state index contributed by atoms with van der Waals surface area (Å²) in [6.45, 7) is 0. The summed E-state index contributed by atoms with van der Waals surface area (Å²) in [7, 11) is 3.44. The fourth-order valence-corrected chi connectivity index (χ4v) is 1.94. The van der Waals surface area contributed by atoms with Gasteiger partial charge >= 0.3 is 0 Å². The molecule has 2 heterocycles. The summed E-state index contributed by atoms with van der Waals surface area (Å²) >= 11 is 0. The molecule has 3 rings (SSSR count). The third-order valence-corrected chi connectivity index (χ3v) is 2.95. The second kappa shape index (κ2) is 5.04. The number of aromatic amines is 1. The van der Waals surface area contributed by atoms with Gasteiger partial charge in [0, 0.05) is 24.6 Å². The molecule has 0 saturated carbocycles. The lowest BCUT2D eigenvalue weighted by molar-refractivity contribution is 0.417. The zero-order valence-corrected chi connectivity index (χ0v) is 11.1. The number of hydrogen-bond acceptors (Lipinski definition) is 6. The first-order valence-electron chi connectivity index (χ1n) is 6.08. The van der Waals surface area contributed by atoms with E-state index in [0.29, 0.717) is 11.6 Å². The van der Waals surface area contributed by atoms with Gasteiger partial charge in [0.25, 0.3) is 0 Å². The molecular weight excluding hydrogens is 256 g/mol. The number of benzene rings is 1. The SMILES string of the molecule is CNc1cc(Nc2cc3cn[nH]c3cc2OC)ncn1. The van der Waals surface area contributed by atoms with E-state index in [2.05, 4.69) is 30.8 Å². The number of aromatic nitrogens is 4. The van der Waals surface area contributed by atoms with Gasteiger partial charge in [0.1, 0.15) is 23.7 Å². The van der Waals surface area contributed by atoms with Gasteiger partial charge in [-0.2, -0.15) is 5.10 Å². The zero-order valence-electron chi connectivity index (χ0n) is 11.1. The second-order valence-corrected chi connectivity index (χ2v) is 4.17. The van der Waals surface area contributed by atoms with Crippen LogP contribution in [0.1, 0.15) is 0 Å². The standard InChI is InChI=1S/C13H14N6O/c1-14-12-5-13(16-7-15-12)18-10-3-8-6-17-19-9(8)4-11(10)20-2/h3-7H,1-2H3,(H,17,19)(H2,14,15,16,18). The Labute approximate surface area is 115 Å². The normalized spacial score (nSPS) is 10.5. The predicted octanol–water partition coefficient (Wildman–Crippen LogP) is 2.15.